The minimum Gasteiger partial charge on any atom is -0.256 e. The monoisotopic (exact) mass is 427 g/mol. The number of thiophene rings is 2. The maximum absolute atomic E-state index is 4.77. The molecule has 0 bridgehead atoms. The summed E-state index contributed by atoms with van der Waals surface area (Å²) >= 11 is 3.77. The molecule has 0 aliphatic heterocycles. The molecule has 0 spiro atoms. The molecule has 0 saturated heterocycles. The van der Waals surface area contributed by atoms with Crippen molar-refractivity contribution < 1.29 is 0 Å². The molecule has 0 fully saturated rings. The van der Waals surface area contributed by atoms with Crippen LogP contribution in [0.4, 0.5) is 0 Å². The van der Waals surface area contributed by atoms with Crippen LogP contribution in [0.5, 0.6) is 0 Å². The first-order valence-electron chi connectivity index (χ1n) is 10.3. The molecule has 0 N–H and O–H groups in total. The third-order valence-corrected chi connectivity index (χ3v) is 7.57. The lowest BCUT2D eigenvalue weighted by atomic mass is 9.92. The second-order valence-electron chi connectivity index (χ2n) is 9.18. The first-order valence-corrected chi connectivity index (χ1v) is 12.0. The summed E-state index contributed by atoms with van der Waals surface area (Å²) in [5.74, 6) is 0. The Hall–Kier alpha value is -2.49. The molecule has 0 aliphatic carbocycles. The standard InChI is InChI=1S/C27H25NS2/c1-17-13-19-14-23(21-7-5-6-8-22(21)26(19)29-17)24-15-18(11-12-28-24)25-10-9-20(30-25)16-27(2,3)4/h5-15H,16H2,1-4H3. The van der Waals surface area contributed by atoms with Gasteiger partial charge in [-0.05, 0) is 71.5 Å². The molecule has 3 aromatic heterocycles. The van der Waals surface area contributed by atoms with Crippen LogP contribution in [0.1, 0.15) is 30.5 Å². The quantitative estimate of drug-likeness (QED) is 0.280. The molecule has 150 valence electrons. The van der Waals surface area contributed by atoms with E-state index < -0.39 is 0 Å². The predicted octanol–water partition coefficient (Wildman–Crippen LogP) is 8.74. The van der Waals surface area contributed by atoms with Crippen LogP contribution in [0.15, 0.2) is 66.9 Å². The summed E-state index contributed by atoms with van der Waals surface area (Å²) in [6.45, 7) is 9.07. The van der Waals surface area contributed by atoms with Crippen LogP contribution < -0.4 is 0 Å². The van der Waals surface area contributed by atoms with Crippen molar-refractivity contribution in [3.8, 4) is 21.7 Å². The normalized spacial score (nSPS) is 12.1. The van der Waals surface area contributed by atoms with Gasteiger partial charge in [0.1, 0.15) is 0 Å². The Bertz CT molecular complexity index is 1360. The minimum atomic E-state index is 0.304. The third kappa shape index (κ3) is 3.68. The molecule has 0 saturated carbocycles. The minimum absolute atomic E-state index is 0.304. The van der Waals surface area contributed by atoms with Crippen LogP contribution in [-0.2, 0) is 6.42 Å². The highest BCUT2D eigenvalue weighted by Gasteiger charge is 2.15. The van der Waals surface area contributed by atoms with Gasteiger partial charge in [0.05, 0.1) is 5.69 Å². The van der Waals surface area contributed by atoms with E-state index in [1.165, 1.54) is 46.6 Å². The molecule has 1 nitrogen and oxygen atoms in total. The zero-order chi connectivity index (χ0) is 20.9. The van der Waals surface area contributed by atoms with Gasteiger partial charge in [-0.15, -0.1) is 22.7 Å². The Balaban J connectivity index is 1.63. The molecule has 0 atom stereocenters. The second-order valence-corrected chi connectivity index (χ2v) is 11.6. The number of aromatic nitrogens is 1. The number of rotatable bonds is 3. The number of fused-ring (bicyclic) bond motifs is 3. The third-order valence-electron chi connectivity index (χ3n) is 5.33. The molecule has 5 aromatic rings. The highest BCUT2D eigenvalue weighted by atomic mass is 32.1. The van der Waals surface area contributed by atoms with Gasteiger partial charge in [0.15, 0.2) is 0 Å². The molecule has 0 radical (unpaired) electrons. The summed E-state index contributed by atoms with van der Waals surface area (Å²) in [5, 5.41) is 3.90. The predicted molar refractivity (Wildman–Crippen MR) is 134 cm³/mol. The summed E-state index contributed by atoms with van der Waals surface area (Å²) in [7, 11) is 0. The van der Waals surface area contributed by atoms with Crippen LogP contribution in [0.3, 0.4) is 0 Å². The SMILES string of the molecule is Cc1cc2cc(-c3cc(-c4ccc(CC(C)(C)C)s4)ccn3)c3ccccc3c2s1. The van der Waals surface area contributed by atoms with Crippen molar-refractivity contribution in [3.05, 3.63) is 76.6 Å². The van der Waals surface area contributed by atoms with Gasteiger partial charge in [-0.2, -0.15) is 0 Å². The van der Waals surface area contributed by atoms with Crippen molar-refractivity contribution in [3.63, 3.8) is 0 Å². The topological polar surface area (TPSA) is 12.9 Å². The molecule has 0 unspecified atom stereocenters. The van der Waals surface area contributed by atoms with E-state index in [0.29, 0.717) is 5.41 Å². The lowest BCUT2D eigenvalue weighted by molar-refractivity contribution is 0.414. The van der Waals surface area contributed by atoms with E-state index in [9.17, 15) is 0 Å². The summed E-state index contributed by atoms with van der Waals surface area (Å²) < 4.78 is 1.37. The molecular weight excluding hydrogens is 402 g/mol. The average Bonchev–Trinajstić information content (AvgIpc) is 3.32. The highest BCUT2D eigenvalue weighted by molar-refractivity contribution is 7.20. The zero-order valence-corrected chi connectivity index (χ0v) is 19.5. The van der Waals surface area contributed by atoms with Crippen molar-refractivity contribution in [2.75, 3.05) is 0 Å². The Labute approximate surface area is 186 Å². The van der Waals surface area contributed by atoms with Crippen LogP contribution in [0.25, 0.3) is 42.6 Å². The van der Waals surface area contributed by atoms with Crippen LogP contribution in [0.2, 0.25) is 0 Å². The number of aryl methyl sites for hydroxylation is 1. The van der Waals surface area contributed by atoms with Crippen LogP contribution >= 0.6 is 22.7 Å². The van der Waals surface area contributed by atoms with E-state index >= 15 is 0 Å². The molecule has 2 aromatic carbocycles. The largest absolute Gasteiger partial charge is 0.256 e. The molecule has 30 heavy (non-hydrogen) atoms. The number of hydrogen-bond donors (Lipinski definition) is 0. The summed E-state index contributed by atoms with van der Waals surface area (Å²) in [6, 6.07) is 22.2. The first-order chi connectivity index (χ1) is 14.4. The summed E-state index contributed by atoms with van der Waals surface area (Å²) in [6.07, 6.45) is 3.06. The van der Waals surface area contributed by atoms with Crippen LogP contribution in [-0.4, -0.2) is 4.98 Å². The fraction of sp³-hybridized carbons (Fsp3) is 0.222. The van der Waals surface area contributed by atoms with E-state index in [-0.39, 0.29) is 0 Å². The van der Waals surface area contributed by atoms with Crippen LogP contribution in [0, 0.1) is 12.3 Å². The van der Waals surface area contributed by atoms with E-state index in [0.717, 1.165) is 12.1 Å². The van der Waals surface area contributed by atoms with Gasteiger partial charge < -0.3 is 0 Å². The van der Waals surface area contributed by atoms with E-state index in [2.05, 4.69) is 88.4 Å². The Kier molecular flexibility index (Phi) is 4.76. The van der Waals surface area contributed by atoms with E-state index in [1.54, 1.807) is 0 Å². The fourth-order valence-electron chi connectivity index (χ4n) is 4.09. The lowest BCUT2D eigenvalue weighted by Crippen LogP contribution is -2.07. The highest BCUT2D eigenvalue weighted by Crippen LogP contribution is 2.39. The number of nitrogens with zero attached hydrogens (tertiary/aromatic N) is 1. The summed E-state index contributed by atoms with van der Waals surface area (Å²) in [4.78, 5) is 8.88. The van der Waals surface area contributed by atoms with Crippen molar-refractivity contribution in [2.45, 2.75) is 34.1 Å². The second kappa shape index (κ2) is 7.33. The lowest BCUT2D eigenvalue weighted by Gasteiger charge is -2.16. The van der Waals surface area contributed by atoms with Crippen molar-refractivity contribution in [1.82, 2.24) is 4.98 Å². The smallest absolute Gasteiger partial charge is 0.0714 e. The van der Waals surface area contributed by atoms with Gasteiger partial charge >= 0.3 is 0 Å². The number of pyridine rings is 1. The van der Waals surface area contributed by atoms with Crippen molar-refractivity contribution >= 4 is 43.5 Å². The number of hydrogen-bond acceptors (Lipinski definition) is 3. The van der Waals surface area contributed by atoms with Gasteiger partial charge in [-0.1, -0.05) is 45.0 Å². The van der Waals surface area contributed by atoms with E-state index in [4.69, 9.17) is 4.98 Å². The van der Waals surface area contributed by atoms with Gasteiger partial charge in [-0.3, -0.25) is 4.98 Å². The van der Waals surface area contributed by atoms with Gasteiger partial charge in [0, 0.05) is 36.5 Å². The number of benzene rings is 2. The molecule has 0 aliphatic rings. The van der Waals surface area contributed by atoms with Gasteiger partial charge in [0.25, 0.3) is 0 Å². The average molecular weight is 428 g/mol. The van der Waals surface area contributed by atoms with Gasteiger partial charge in [-0.25, -0.2) is 0 Å². The molecule has 0 amide bonds. The fourth-order valence-corrected chi connectivity index (χ4v) is 6.43. The van der Waals surface area contributed by atoms with Crippen molar-refractivity contribution in [1.29, 1.82) is 0 Å². The first kappa shape index (κ1) is 19.5. The Morgan fingerprint density at radius 2 is 1.67 bits per heavy atom. The maximum atomic E-state index is 4.77. The maximum Gasteiger partial charge on any atom is 0.0714 e. The van der Waals surface area contributed by atoms with Crippen molar-refractivity contribution in [2.24, 2.45) is 5.41 Å². The molecule has 3 heterocycles. The Morgan fingerprint density at radius 1 is 0.867 bits per heavy atom. The molecule has 5 rings (SSSR count). The summed E-state index contributed by atoms with van der Waals surface area (Å²) in [5.41, 5.74) is 3.80. The zero-order valence-electron chi connectivity index (χ0n) is 17.8. The van der Waals surface area contributed by atoms with E-state index in [1.807, 2.05) is 28.9 Å². The molecular formula is C27H25NS2. The van der Waals surface area contributed by atoms with Gasteiger partial charge in [0.2, 0.25) is 0 Å². The molecule has 3 heteroatoms. The Morgan fingerprint density at radius 3 is 2.47 bits per heavy atom.